The number of fused-ring (bicyclic) bond motifs is 1. The summed E-state index contributed by atoms with van der Waals surface area (Å²) < 4.78 is 7.31. The molecule has 11 heteroatoms. The number of ether oxygens (including phenoxy) is 1. The van der Waals surface area contributed by atoms with E-state index in [0.29, 0.717) is 33.2 Å². The molecule has 0 unspecified atom stereocenters. The molecule has 36 heavy (non-hydrogen) atoms. The van der Waals surface area contributed by atoms with Gasteiger partial charge in [0.1, 0.15) is 24.3 Å². The zero-order valence-corrected chi connectivity index (χ0v) is 19.5. The maximum absolute atomic E-state index is 13.1. The minimum absolute atomic E-state index is 0.0362. The van der Waals surface area contributed by atoms with Crippen molar-refractivity contribution in [2.24, 2.45) is 0 Å². The third kappa shape index (κ3) is 4.60. The van der Waals surface area contributed by atoms with Crippen molar-refractivity contribution in [3.8, 4) is 22.9 Å². The number of hydrogen-bond donors (Lipinski definition) is 2. The number of hydrogen-bond acceptors (Lipinski definition) is 7. The highest BCUT2D eigenvalue weighted by molar-refractivity contribution is 6.31. The average Bonchev–Trinajstić information content (AvgIpc) is 2.85. The van der Waals surface area contributed by atoms with Crippen molar-refractivity contribution in [2.45, 2.75) is 13.5 Å². The van der Waals surface area contributed by atoms with Crippen molar-refractivity contribution in [3.63, 3.8) is 0 Å². The number of aromatic carboxylic acids is 2. The van der Waals surface area contributed by atoms with Gasteiger partial charge in [-0.25, -0.2) is 14.6 Å². The number of carbonyl (C=O) groups is 2. The van der Waals surface area contributed by atoms with E-state index in [0.717, 1.165) is 0 Å². The van der Waals surface area contributed by atoms with Crippen LogP contribution in [-0.4, -0.2) is 43.3 Å². The van der Waals surface area contributed by atoms with Gasteiger partial charge in [-0.15, -0.1) is 0 Å². The summed E-state index contributed by atoms with van der Waals surface area (Å²) in [6.07, 6.45) is 2.73. The first-order valence-corrected chi connectivity index (χ1v) is 10.9. The first-order chi connectivity index (χ1) is 17.2. The fraction of sp³-hybridized carbons (Fsp3) is 0.120. The number of nitrogens with zero attached hydrogens (tertiary/aromatic N) is 4. The van der Waals surface area contributed by atoms with Gasteiger partial charge in [0.15, 0.2) is 0 Å². The number of carboxylic acids is 2. The molecule has 0 aliphatic heterocycles. The summed E-state index contributed by atoms with van der Waals surface area (Å²) in [6.45, 7) is 1.81. The third-order valence-corrected chi connectivity index (χ3v) is 5.72. The van der Waals surface area contributed by atoms with Gasteiger partial charge in [0.2, 0.25) is 0 Å². The Labute approximate surface area is 208 Å². The number of benzene rings is 2. The molecule has 4 aromatic rings. The summed E-state index contributed by atoms with van der Waals surface area (Å²) in [7, 11) is 0. The minimum atomic E-state index is -1.38. The Morgan fingerprint density at radius 1 is 1.11 bits per heavy atom. The highest BCUT2D eigenvalue weighted by Crippen LogP contribution is 2.34. The SMILES string of the molecule is Cc1nc2cncc(C#N)c2c(=O)n1CCOc1ccc(Cl)cc1-c1ccc(C(=O)O)c(C(=O)O)c1. The van der Waals surface area contributed by atoms with E-state index in [-0.39, 0.29) is 35.2 Å². The number of nitriles is 1. The van der Waals surface area contributed by atoms with Crippen molar-refractivity contribution in [3.05, 3.63) is 86.7 Å². The summed E-state index contributed by atoms with van der Waals surface area (Å²) in [6, 6.07) is 10.6. The monoisotopic (exact) mass is 504 g/mol. The van der Waals surface area contributed by atoms with Crippen LogP contribution in [0.5, 0.6) is 5.75 Å². The summed E-state index contributed by atoms with van der Waals surface area (Å²) in [5.41, 5.74) is 0.167. The van der Waals surface area contributed by atoms with E-state index < -0.39 is 17.5 Å². The molecule has 0 aliphatic rings. The zero-order valence-electron chi connectivity index (χ0n) is 18.7. The molecule has 0 spiro atoms. The van der Waals surface area contributed by atoms with Crippen molar-refractivity contribution < 1.29 is 24.5 Å². The normalized spacial score (nSPS) is 10.7. The number of halogens is 1. The predicted molar refractivity (Wildman–Crippen MR) is 130 cm³/mol. The second kappa shape index (κ2) is 9.85. The van der Waals surface area contributed by atoms with Gasteiger partial charge in [0.05, 0.1) is 40.3 Å². The lowest BCUT2D eigenvalue weighted by molar-refractivity contribution is 0.0651. The molecular formula is C25H17ClN4O6. The van der Waals surface area contributed by atoms with Crippen LogP contribution in [0.3, 0.4) is 0 Å². The van der Waals surface area contributed by atoms with Gasteiger partial charge in [-0.2, -0.15) is 5.26 Å². The summed E-state index contributed by atoms with van der Waals surface area (Å²) in [5.74, 6) is -1.98. The molecule has 2 heterocycles. The van der Waals surface area contributed by atoms with Gasteiger partial charge in [0.25, 0.3) is 5.56 Å². The lowest BCUT2D eigenvalue weighted by atomic mass is 9.98. The van der Waals surface area contributed by atoms with Gasteiger partial charge < -0.3 is 14.9 Å². The van der Waals surface area contributed by atoms with Gasteiger partial charge >= 0.3 is 11.9 Å². The molecule has 2 aromatic carbocycles. The second-order valence-corrected chi connectivity index (χ2v) is 8.10. The average molecular weight is 505 g/mol. The van der Waals surface area contributed by atoms with Crippen LogP contribution in [0, 0.1) is 18.3 Å². The topological polar surface area (TPSA) is 155 Å². The Morgan fingerprint density at radius 3 is 2.56 bits per heavy atom. The Balaban J connectivity index is 1.66. The van der Waals surface area contributed by atoms with Crippen LogP contribution in [0.25, 0.3) is 22.0 Å². The highest BCUT2D eigenvalue weighted by Gasteiger charge is 2.19. The Hall–Kier alpha value is -4.75. The van der Waals surface area contributed by atoms with Crippen LogP contribution in [-0.2, 0) is 6.54 Å². The van der Waals surface area contributed by atoms with Gasteiger partial charge in [0, 0.05) is 16.8 Å². The predicted octanol–water partition coefficient (Wildman–Crippen LogP) is 3.77. The van der Waals surface area contributed by atoms with Crippen molar-refractivity contribution >= 4 is 34.4 Å². The van der Waals surface area contributed by atoms with E-state index in [1.165, 1.54) is 35.2 Å². The number of aryl methyl sites for hydroxylation is 1. The number of aromatic nitrogens is 3. The Morgan fingerprint density at radius 2 is 1.86 bits per heavy atom. The van der Waals surface area contributed by atoms with Crippen LogP contribution >= 0.6 is 11.6 Å². The highest BCUT2D eigenvalue weighted by atomic mass is 35.5. The van der Waals surface area contributed by atoms with Crippen LogP contribution in [0.15, 0.2) is 53.6 Å². The molecule has 10 nitrogen and oxygen atoms in total. The lowest BCUT2D eigenvalue weighted by Gasteiger charge is -2.15. The first kappa shape index (κ1) is 24.4. The quantitative estimate of drug-likeness (QED) is 0.382. The molecular weight excluding hydrogens is 488 g/mol. The lowest BCUT2D eigenvalue weighted by Crippen LogP contribution is -2.27. The molecule has 0 amide bonds. The summed E-state index contributed by atoms with van der Waals surface area (Å²) >= 11 is 6.16. The van der Waals surface area contributed by atoms with E-state index in [1.807, 2.05) is 6.07 Å². The van der Waals surface area contributed by atoms with Crippen molar-refractivity contribution in [1.82, 2.24) is 14.5 Å². The second-order valence-electron chi connectivity index (χ2n) is 7.67. The van der Waals surface area contributed by atoms with Crippen LogP contribution < -0.4 is 10.3 Å². The third-order valence-electron chi connectivity index (χ3n) is 5.48. The fourth-order valence-electron chi connectivity index (χ4n) is 3.80. The van der Waals surface area contributed by atoms with Crippen molar-refractivity contribution in [1.29, 1.82) is 5.26 Å². The molecule has 0 bridgehead atoms. The molecule has 0 fully saturated rings. The maximum atomic E-state index is 13.1. The largest absolute Gasteiger partial charge is 0.491 e. The van der Waals surface area contributed by atoms with Gasteiger partial charge in [-0.1, -0.05) is 17.7 Å². The van der Waals surface area contributed by atoms with Gasteiger partial charge in [-0.05, 0) is 42.8 Å². The number of carboxylic acid groups (broad SMARTS) is 2. The number of pyridine rings is 1. The van der Waals surface area contributed by atoms with E-state index in [1.54, 1.807) is 25.1 Å². The van der Waals surface area contributed by atoms with Crippen LogP contribution in [0.2, 0.25) is 5.02 Å². The number of rotatable bonds is 7. The van der Waals surface area contributed by atoms with Crippen molar-refractivity contribution in [2.75, 3.05) is 6.61 Å². The van der Waals surface area contributed by atoms with Crippen LogP contribution in [0.1, 0.15) is 32.1 Å². The molecule has 2 aromatic heterocycles. The van der Waals surface area contributed by atoms with Crippen LogP contribution in [0.4, 0.5) is 0 Å². The Bertz CT molecular complexity index is 1640. The molecule has 0 atom stereocenters. The van der Waals surface area contributed by atoms with E-state index in [2.05, 4.69) is 9.97 Å². The fourth-order valence-corrected chi connectivity index (χ4v) is 3.97. The minimum Gasteiger partial charge on any atom is -0.491 e. The molecule has 180 valence electrons. The standard InChI is InChI=1S/C25H17ClN4O6/c1-13-29-20-12-28-11-15(10-27)22(20)23(31)30(13)6-7-36-21-5-3-16(26)9-18(21)14-2-4-17(24(32)33)19(8-14)25(34)35/h2-5,8-9,11-12H,6-7H2,1H3,(H,32,33)(H,34,35). The maximum Gasteiger partial charge on any atom is 0.336 e. The van der Waals surface area contributed by atoms with E-state index in [9.17, 15) is 29.9 Å². The van der Waals surface area contributed by atoms with Gasteiger partial charge in [-0.3, -0.25) is 14.3 Å². The molecule has 0 saturated heterocycles. The molecule has 0 saturated carbocycles. The first-order valence-electron chi connectivity index (χ1n) is 10.5. The summed E-state index contributed by atoms with van der Waals surface area (Å²) in [5, 5.41) is 28.6. The molecule has 2 N–H and O–H groups in total. The molecule has 0 radical (unpaired) electrons. The zero-order chi connectivity index (χ0) is 26.0. The smallest absolute Gasteiger partial charge is 0.336 e. The summed E-state index contributed by atoms with van der Waals surface area (Å²) in [4.78, 5) is 44.4. The van der Waals surface area contributed by atoms with E-state index >= 15 is 0 Å². The Kier molecular flexibility index (Phi) is 6.67. The molecule has 0 aliphatic carbocycles. The molecule has 4 rings (SSSR count). The van der Waals surface area contributed by atoms with E-state index in [4.69, 9.17) is 16.3 Å².